The molecule has 5 heteroatoms. The quantitative estimate of drug-likeness (QED) is 0.793. The second-order valence-corrected chi connectivity index (χ2v) is 6.76. The topological polar surface area (TPSA) is 28.2 Å². The summed E-state index contributed by atoms with van der Waals surface area (Å²) in [6.45, 7) is 8.82. The van der Waals surface area contributed by atoms with E-state index in [2.05, 4.69) is 32.9 Å². The lowest BCUT2D eigenvalue weighted by molar-refractivity contribution is 0.0833. The molecule has 134 valence electrons. The molecule has 0 aromatic heterocycles. The molecule has 1 aromatic rings. The van der Waals surface area contributed by atoms with E-state index in [1.807, 2.05) is 6.07 Å². The summed E-state index contributed by atoms with van der Waals surface area (Å²) in [5, 5.41) is 0. The van der Waals surface area contributed by atoms with Crippen LogP contribution in [-0.4, -0.2) is 82.5 Å². The van der Waals surface area contributed by atoms with Gasteiger partial charge in [-0.25, -0.2) is 0 Å². The molecule has 2 aliphatic heterocycles. The molecule has 0 aliphatic carbocycles. The van der Waals surface area contributed by atoms with Crippen LogP contribution in [0.15, 0.2) is 24.3 Å². The average molecular weight is 333 g/mol. The predicted octanol–water partition coefficient (Wildman–Crippen LogP) is 1.93. The Morgan fingerprint density at radius 3 is 2.33 bits per heavy atom. The van der Waals surface area contributed by atoms with Gasteiger partial charge in [0.1, 0.15) is 5.75 Å². The van der Waals surface area contributed by atoms with Gasteiger partial charge in [0, 0.05) is 45.9 Å². The van der Waals surface area contributed by atoms with E-state index in [1.165, 1.54) is 31.6 Å². The molecule has 0 radical (unpaired) electrons. The summed E-state index contributed by atoms with van der Waals surface area (Å²) in [6.07, 6.45) is 2.58. The zero-order valence-electron chi connectivity index (χ0n) is 15.1. The van der Waals surface area contributed by atoms with E-state index in [0.717, 1.165) is 51.1 Å². The molecule has 0 atom stereocenters. The second kappa shape index (κ2) is 8.70. The average Bonchev–Trinajstić information content (AvgIpc) is 2.67. The van der Waals surface area contributed by atoms with E-state index in [-0.39, 0.29) is 0 Å². The molecule has 2 heterocycles. The molecule has 0 saturated carbocycles. The maximum absolute atomic E-state index is 5.51. The Labute approximate surface area is 146 Å². The molecule has 0 amide bonds. The minimum absolute atomic E-state index is 0.753. The standard InChI is InChI=1S/C19H31N3O2/c1-23-16-15-20-9-7-17(8-10-20)21-11-13-22(14-12-21)18-5-3-4-6-19(18)24-2/h3-6,17H,7-16H2,1-2H3. The highest BCUT2D eigenvalue weighted by Gasteiger charge is 2.27. The lowest BCUT2D eigenvalue weighted by atomic mass is 10.0. The SMILES string of the molecule is COCCN1CCC(N2CCN(c3ccccc3OC)CC2)CC1. The number of para-hydroxylation sites is 2. The number of piperidine rings is 1. The molecule has 0 bridgehead atoms. The van der Waals surface area contributed by atoms with Gasteiger partial charge in [-0.3, -0.25) is 4.90 Å². The van der Waals surface area contributed by atoms with Gasteiger partial charge in [-0.15, -0.1) is 0 Å². The fraction of sp³-hybridized carbons (Fsp3) is 0.684. The Hall–Kier alpha value is -1.30. The number of ether oxygens (including phenoxy) is 2. The van der Waals surface area contributed by atoms with Crippen LogP contribution in [-0.2, 0) is 4.74 Å². The van der Waals surface area contributed by atoms with Crippen molar-refractivity contribution in [1.82, 2.24) is 9.80 Å². The Morgan fingerprint density at radius 1 is 0.958 bits per heavy atom. The maximum atomic E-state index is 5.51. The highest BCUT2D eigenvalue weighted by Crippen LogP contribution is 2.29. The number of rotatable bonds is 6. The zero-order valence-corrected chi connectivity index (χ0v) is 15.1. The molecular formula is C19H31N3O2. The van der Waals surface area contributed by atoms with Gasteiger partial charge >= 0.3 is 0 Å². The maximum Gasteiger partial charge on any atom is 0.142 e. The van der Waals surface area contributed by atoms with E-state index in [4.69, 9.17) is 9.47 Å². The monoisotopic (exact) mass is 333 g/mol. The lowest BCUT2D eigenvalue weighted by Crippen LogP contribution is -2.53. The third-order valence-electron chi connectivity index (χ3n) is 5.43. The van der Waals surface area contributed by atoms with Crippen LogP contribution in [0.3, 0.4) is 0 Å². The van der Waals surface area contributed by atoms with E-state index in [1.54, 1.807) is 14.2 Å². The molecular weight excluding hydrogens is 302 g/mol. The number of hydrogen-bond donors (Lipinski definition) is 0. The van der Waals surface area contributed by atoms with Gasteiger partial charge in [0.05, 0.1) is 19.4 Å². The third-order valence-corrected chi connectivity index (χ3v) is 5.43. The first-order valence-corrected chi connectivity index (χ1v) is 9.15. The van der Waals surface area contributed by atoms with Crippen molar-refractivity contribution >= 4 is 5.69 Å². The molecule has 2 fully saturated rings. The van der Waals surface area contributed by atoms with Gasteiger partial charge in [-0.1, -0.05) is 12.1 Å². The molecule has 1 aromatic carbocycles. The van der Waals surface area contributed by atoms with Crippen molar-refractivity contribution in [2.75, 3.05) is 71.5 Å². The molecule has 5 nitrogen and oxygen atoms in total. The van der Waals surface area contributed by atoms with Crippen molar-refractivity contribution in [1.29, 1.82) is 0 Å². The Balaban J connectivity index is 1.47. The zero-order chi connectivity index (χ0) is 16.8. The summed E-state index contributed by atoms with van der Waals surface area (Å²) < 4.78 is 10.7. The van der Waals surface area contributed by atoms with Gasteiger partial charge in [-0.05, 0) is 38.1 Å². The van der Waals surface area contributed by atoms with E-state index >= 15 is 0 Å². The Morgan fingerprint density at radius 2 is 1.67 bits per heavy atom. The van der Waals surface area contributed by atoms with E-state index in [0.29, 0.717) is 0 Å². The summed E-state index contributed by atoms with van der Waals surface area (Å²) in [6, 6.07) is 9.11. The first-order chi connectivity index (χ1) is 11.8. The van der Waals surface area contributed by atoms with E-state index < -0.39 is 0 Å². The second-order valence-electron chi connectivity index (χ2n) is 6.76. The largest absolute Gasteiger partial charge is 0.495 e. The van der Waals surface area contributed by atoms with Gasteiger partial charge in [0.25, 0.3) is 0 Å². The van der Waals surface area contributed by atoms with Gasteiger partial charge in [-0.2, -0.15) is 0 Å². The van der Waals surface area contributed by atoms with Crippen LogP contribution in [0.1, 0.15) is 12.8 Å². The van der Waals surface area contributed by atoms with Crippen LogP contribution >= 0.6 is 0 Å². The van der Waals surface area contributed by atoms with Crippen molar-refractivity contribution in [3.05, 3.63) is 24.3 Å². The highest BCUT2D eigenvalue weighted by molar-refractivity contribution is 5.58. The molecule has 2 aliphatic rings. The van der Waals surface area contributed by atoms with Crippen LogP contribution in [0.5, 0.6) is 5.75 Å². The van der Waals surface area contributed by atoms with E-state index in [9.17, 15) is 0 Å². The lowest BCUT2D eigenvalue weighted by Gasteiger charge is -2.43. The minimum Gasteiger partial charge on any atom is -0.495 e. The number of piperazine rings is 1. The molecule has 0 N–H and O–H groups in total. The van der Waals surface area contributed by atoms with Crippen molar-refractivity contribution in [3.8, 4) is 5.75 Å². The van der Waals surface area contributed by atoms with Gasteiger partial charge in [0.2, 0.25) is 0 Å². The number of methoxy groups -OCH3 is 2. The summed E-state index contributed by atoms with van der Waals surface area (Å²) in [4.78, 5) is 7.69. The van der Waals surface area contributed by atoms with Crippen LogP contribution in [0.2, 0.25) is 0 Å². The molecule has 0 spiro atoms. The van der Waals surface area contributed by atoms with Crippen LogP contribution in [0.25, 0.3) is 0 Å². The normalized spacial score (nSPS) is 21.2. The summed E-state index contributed by atoms with van der Waals surface area (Å²) >= 11 is 0. The number of hydrogen-bond acceptors (Lipinski definition) is 5. The first kappa shape index (κ1) is 17.5. The van der Waals surface area contributed by atoms with Crippen LogP contribution < -0.4 is 9.64 Å². The summed E-state index contributed by atoms with van der Waals surface area (Å²) in [7, 11) is 3.54. The predicted molar refractivity (Wildman–Crippen MR) is 98.1 cm³/mol. The molecule has 2 saturated heterocycles. The number of likely N-dealkylation sites (tertiary alicyclic amines) is 1. The number of anilines is 1. The summed E-state index contributed by atoms with van der Waals surface area (Å²) in [5.74, 6) is 0.984. The summed E-state index contributed by atoms with van der Waals surface area (Å²) in [5.41, 5.74) is 1.23. The smallest absolute Gasteiger partial charge is 0.142 e. The van der Waals surface area contributed by atoms with Gasteiger partial charge < -0.3 is 19.3 Å². The van der Waals surface area contributed by atoms with Crippen LogP contribution in [0, 0.1) is 0 Å². The Bertz CT molecular complexity index is 495. The Kier molecular flexibility index (Phi) is 6.35. The fourth-order valence-corrected chi connectivity index (χ4v) is 3.95. The number of benzene rings is 1. The van der Waals surface area contributed by atoms with Crippen LogP contribution in [0.4, 0.5) is 5.69 Å². The van der Waals surface area contributed by atoms with Crippen molar-refractivity contribution in [2.24, 2.45) is 0 Å². The van der Waals surface area contributed by atoms with Crippen molar-refractivity contribution in [2.45, 2.75) is 18.9 Å². The molecule has 24 heavy (non-hydrogen) atoms. The van der Waals surface area contributed by atoms with Crippen molar-refractivity contribution < 1.29 is 9.47 Å². The molecule has 0 unspecified atom stereocenters. The number of nitrogens with zero attached hydrogens (tertiary/aromatic N) is 3. The molecule has 3 rings (SSSR count). The highest BCUT2D eigenvalue weighted by atomic mass is 16.5. The van der Waals surface area contributed by atoms with Crippen molar-refractivity contribution in [3.63, 3.8) is 0 Å². The first-order valence-electron chi connectivity index (χ1n) is 9.15. The van der Waals surface area contributed by atoms with Gasteiger partial charge in [0.15, 0.2) is 0 Å². The minimum atomic E-state index is 0.753. The third kappa shape index (κ3) is 4.21. The fourth-order valence-electron chi connectivity index (χ4n) is 3.95.